The molecule has 0 unspecified atom stereocenters. The molecule has 1 aromatic carbocycles. The summed E-state index contributed by atoms with van der Waals surface area (Å²) in [7, 11) is 0. The van der Waals surface area contributed by atoms with Crippen molar-refractivity contribution in [3.63, 3.8) is 0 Å². The number of thiophene rings is 1. The molecular weight excluding hydrogens is 413 g/mol. The van der Waals surface area contributed by atoms with Gasteiger partial charge in [-0.3, -0.25) is 0 Å². The van der Waals surface area contributed by atoms with Crippen LogP contribution in [-0.4, -0.2) is 13.2 Å². The van der Waals surface area contributed by atoms with E-state index < -0.39 is 0 Å². The standard InChI is InChI=1S/C13H12Br2ClNOS/c14-9-1-2-13(12(16)6-9)18-4-3-17-7-11-5-10(15)8-19-11/h1-2,5-6,8,17H,3-4,7H2. The predicted octanol–water partition coefficient (Wildman–Crippen LogP) is 5.10. The van der Waals surface area contributed by atoms with Crippen molar-refractivity contribution in [2.24, 2.45) is 0 Å². The van der Waals surface area contributed by atoms with Crippen LogP contribution in [0.2, 0.25) is 5.02 Å². The second kappa shape index (κ2) is 7.64. The lowest BCUT2D eigenvalue weighted by Crippen LogP contribution is -2.20. The molecule has 0 aliphatic heterocycles. The van der Waals surface area contributed by atoms with Gasteiger partial charge in [-0.25, -0.2) is 0 Å². The van der Waals surface area contributed by atoms with Gasteiger partial charge in [-0.15, -0.1) is 11.3 Å². The number of rotatable bonds is 6. The number of ether oxygens (including phenoxy) is 1. The zero-order chi connectivity index (χ0) is 13.7. The topological polar surface area (TPSA) is 21.3 Å². The lowest BCUT2D eigenvalue weighted by atomic mass is 10.3. The normalized spacial score (nSPS) is 10.7. The van der Waals surface area contributed by atoms with Gasteiger partial charge < -0.3 is 10.1 Å². The third kappa shape index (κ3) is 5.08. The van der Waals surface area contributed by atoms with Gasteiger partial charge in [-0.05, 0) is 40.2 Å². The van der Waals surface area contributed by atoms with E-state index in [4.69, 9.17) is 16.3 Å². The summed E-state index contributed by atoms with van der Waals surface area (Å²) in [6.45, 7) is 2.23. The highest BCUT2D eigenvalue weighted by molar-refractivity contribution is 9.10. The Morgan fingerprint density at radius 1 is 1.21 bits per heavy atom. The minimum atomic E-state index is 0.591. The van der Waals surface area contributed by atoms with Crippen molar-refractivity contribution in [2.45, 2.75) is 6.54 Å². The maximum atomic E-state index is 6.06. The Kier molecular flexibility index (Phi) is 6.16. The lowest BCUT2D eigenvalue weighted by molar-refractivity contribution is 0.314. The fourth-order valence-electron chi connectivity index (χ4n) is 1.48. The zero-order valence-corrected chi connectivity index (χ0v) is 14.7. The maximum absolute atomic E-state index is 6.06. The number of hydrogen-bond donors (Lipinski definition) is 1. The highest BCUT2D eigenvalue weighted by atomic mass is 79.9. The van der Waals surface area contributed by atoms with E-state index in [1.54, 1.807) is 11.3 Å². The van der Waals surface area contributed by atoms with Crippen LogP contribution in [0.4, 0.5) is 0 Å². The molecule has 2 nitrogen and oxygen atoms in total. The van der Waals surface area contributed by atoms with E-state index in [2.05, 4.69) is 48.6 Å². The molecular formula is C13H12Br2ClNOS. The Morgan fingerprint density at radius 2 is 2.05 bits per heavy atom. The van der Waals surface area contributed by atoms with E-state index >= 15 is 0 Å². The van der Waals surface area contributed by atoms with Crippen molar-refractivity contribution >= 4 is 54.8 Å². The van der Waals surface area contributed by atoms with Crippen molar-refractivity contribution in [3.8, 4) is 5.75 Å². The molecule has 1 N–H and O–H groups in total. The summed E-state index contributed by atoms with van der Waals surface area (Å²) in [5.41, 5.74) is 0. The maximum Gasteiger partial charge on any atom is 0.138 e. The number of nitrogens with one attached hydrogen (secondary N) is 1. The summed E-state index contributed by atoms with van der Waals surface area (Å²) in [5, 5.41) is 6.03. The lowest BCUT2D eigenvalue weighted by Gasteiger charge is -2.08. The second-order valence-corrected chi connectivity index (χ2v) is 7.07. The van der Waals surface area contributed by atoms with Crippen LogP contribution in [0.3, 0.4) is 0 Å². The average Bonchev–Trinajstić information content (AvgIpc) is 2.77. The predicted molar refractivity (Wildman–Crippen MR) is 88.4 cm³/mol. The summed E-state index contributed by atoms with van der Waals surface area (Å²) in [5.74, 6) is 0.713. The van der Waals surface area contributed by atoms with E-state index in [0.29, 0.717) is 17.4 Å². The Bertz CT molecular complexity index is 547. The third-order valence-electron chi connectivity index (χ3n) is 2.35. The van der Waals surface area contributed by atoms with Gasteiger partial charge in [0.15, 0.2) is 0 Å². The molecule has 0 bridgehead atoms. The van der Waals surface area contributed by atoms with Crippen LogP contribution < -0.4 is 10.1 Å². The van der Waals surface area contributed by atoms with Crippen molar-refractivity contribution < 1.29 is 4.74 Å². The molecule has 2 aromatic rings. The molecule has 0 radical (unpaired) electrons. The molecule has 0 amide bonds. The number of hydrogen-bond acceptors (Lipinski definition) is 3. The summed E-state index contributed by atoms with van der Waals surface area (Å²) < 4.78 is 7.70. The summed E-state index contributed by atoms with van der Waals surface area (Å²) in [4.78, 5) is 1.30. The van der Waals surface area contributed by atoms with Gasteiger partial charge in [0.25, 0.3) is 0 Å². The van der Waals surface area contributed by atoms with Crippen LogP contribution >= 0.6 is 54.8 Å². The van der Waals surface area contributed by atoms with Crippen molar-refractivity contribution in [3.05, 3.63) is 48.5 Å². The minimum Gasteiger partial charge on any atom is -0.491 e. The molecule has 0 atom stereocenters. The van der Waals surface area contributed by atoms with Crippen LogP contribution in [0.25, 0.3) is 0 Å². The molecule has 0 saturated heterocycles. The largest absolute Gasteiger partial charge is 0.491 e. The van der Waals surface area contributed by atoms with Crippen molar-refractivity contribution in [1.82, 2.24) is 5.32 Å². The smallest absolute Gasteiger partial charge is 0.138 e. The molecule has 102 valence electrons. The Balaban J connectivity index is 1.69. The van der Waals surface area contributed by atoms with E-state index in [-0.39, 0.29) is 0 Å². The molecule has 0 spiro atoms. The van der Waals surface area contributed by atoms with Crippen LogP contribution in [0.1, 0.15) is 4.88 Å². The molecule has 0 fully saturated rings. The highest BCUT2D eigenvalue weighted by Gasteiger charge is 2.02. The quantitative estimate of drug-likeness (QED) is 0.651. The minimum absolute atomic E-state index is 0.591. The van der Waals surface area contributed by atoms with Gasteiger partial charge in [-0.1, -0.05) is 27.5 Å². The molecule has 6 heteroatoms. The molecule has 2 rings (SSSR count). The van der Waals surface area contributed by atoms with Crippen LogP contribution in [0.15, 0.2) is 38.6 Å². The number of halogens is 3. The molecule has 1 aromatic heterocycles. The SMILES string of the molecule is Clc1cc(Br)ccc1OCCNCc1cc(Br)cs1. The Hall–Kier alpha value is -0.0700. The Labute approximate surface area is 138 Å². The summed E-state index contributed by atoms with van der Waals surface area (Å²) >= 11 is 14.6. The first kappa shape index (κ1) is 15.3. The monoisotopic (exact) mass is 423 g/mol. The molecule has 0 aliphatic rings. The van der Waals surface area contributed by atoms with Crippen molar-refractivity contribution in [2.75, 3.05) is 13.2 Å². The van der Waals surface area contributed by atoms with Gasteiger partial charge in [0.2, 0.25) is 0 Å². The van der Waals surface area contributed by atoms with Gasteiger partial charge in [0, 0.05) is 32.3 Å². The summed E-state index contributed by atoms with van der Waals surface area (Å²) in [6.07, 6.45) is 0. The van der Waals surface area contributed by atoms with E-state index in [1.165, 1.54) is 4.88 Å². The van der Waals surface area contributed by atoms with Crippen LogP contribution in [0, 0.1) is 0 Å². The third-order valence-corrected chi connectivity index (χ3v) is 4.84. The van der Waals surface area contributed by atoms with Crippen LogP contribution in [0.5, 0.6) is 5.75 Å². The van der Waals surface area contributed by atoms with E-state index in [9.17, 15) is 0 Å². The van der Waals surface area contributed by atoms with Gasteiger partial charge in [0.1, 0.15) is 12.4 Å². The van der Waals surface area contributed by atoms with Gasteiger partial charge >= 0.3 is 0 Å². The second-order valence-electron chi connectivity index (χ2n) is 3.83. The first-order valence-corrected chi connectivity index (χ1v) is 8.51. The highest BCUT2D eigenvalue weighted by Crippen LogP contribution is 2.27. The molecule has 0 saturated carbocycles. The summed E-state index contributed by atoms with van der Waals surface area (Å²) in [6, 6.07) is 7.72. The molecule has 0 aliphatic carbocycles. The zero-order valence-electron chi connectivity index (χ0n) is 9.96. The average molecular weight is 426 g/mol. The number of benzene rings is 1. The fourth-order valence-corrected chi connectivity index (χ4v) is 3.63. The molecule has 19 heavy (non-hydrogen) atoms. The van der Waals surface area contributed by atoms with E-state index in [0.717, 1.165) is 22.0 Å². The van der Waals surface area contributed by atoms with Crippen molar-refractivity contribution in [1.29, 1.82) is 0 Å². The Morgan fingerprint density at radius 3 is 2.74 bits per heavy atom. The van der Waals surface area contributed by atoms with E-state index in [1.807, 2.05) is 18.2 Å². The first-order valence-electron chi connectivity index (χ1n) is 5.66. The first-order chi connectivity index (χ1) is 9.15. The fraction of sp³-hybridized carbons (Fsp3) is 0.231. The van der Waals surface area contributed by atoms with Gasteiger partial charge in [-0.2, -0.15) is 0 Å². The molecule has 1 heterocycles. The van der Waals surface area contributed by atoms with Crippen LogP contribution in [-0.2, 0) is 6.54 Å². The van der Waals surface area contributed by atoms with Gasteiger partial charge in [0.05, 0.1) is 5.02 Å².